The van der Waals surface area contributed by atoms with Gasteiger partial charge in [-0.3, -0.25) is 4.72 Å². The van der Waals surface area contributed by atoms with Gasteiger partial charge in [0.15, 0.2) is 0 Å². The normalized spacial score (nSPS) is 11.3. The zero-order chi connectivity index (χ0) is 14.9. The predicted octanol–water partition coefficient (Wildman–Crippen LogP) is 2.49. The van der Waals surface area contributed by atoms with Crippen molar-refractivity contribution in [3.63, 3.8) is 0 Å². The molecule has 2 aromatic carbocycles. The summed E-state index contributed by atoms with van der Waals surface area (Å²) in [5, 5.41) is 0. The van der Waals surface area contributed by atoms with Gasteiger partial charge in [-0.15, -0.1) is 0 Å². The van der Waals surface area contributed by atoms with E-state index in [1.165, 1.54) is 6.07 Å². The Hall–Kier alpha value is -2.22. The third-order valence-corrected chi connectivity index (χ3v) is 3.80. The summed E-state index contributed by atoms with van der Waals surface area (Å²) >= 11 is 0. The van der Waals surface area contributed by atoms with E-state index in [0.717, 1.165) is 24.3 Å². The summed E-state index contributed by atoms with van der Waals surface area (Å²) in [4.78, 5) is -0.749. The summed E-state index contributed by atoms with van der Waals surface area (Å²) in [6.45, 7) is 0. The van der Waals surface area contributed by atoms with Gasteiger partial charge in [0, 0.05) is 11.8 Å². The Morgan fingerprint density at radius 3 is 2.30 bits per heavy atom. The second kappa shape index (κ2) is 5.04. The Balaban J connectivity index is 2.46. The third kappa shape index (κ3) is 2.85. The Kier molecular flexibility index (Phi) is 3.58. The van der Waals surface area contributed by atoms with Gasteiger partial charge in [0.2, 0.25) is 0 Å². The molecular formula is C12H9F3N2O2S. The lowest BCUT2D eigenvalue weighted by Gasteiger charge is -2.10. The van der Waals surface area contributed by atoms with Crippen LogP contribution in [0.4, 0.5) is 24.5 Å². The Morgan fingerprint density at radius 1 is 0.950 bits per heavy atom. The van der Waals surface area contributed by atoms with Gasteiger partial charge in [0.25, 0.3) is 10.0 Å². The number of anilines is 2. The number of sulfonamides is 1. The van der Waals surface area contributed by atoms with Crippen LogP contribution in [-0.4, -0.2) is 8.42 Å². The van der Waals surface area contributed by atoms with Gasteiger partial charge in [-0.2, -0.15) is 0 Å². The van der Waals surface area contributed by atoms with Gasteiger partial charge < -0.3 is 5.73 Å². The first-order valence-corrected chi connectivity index (χ1v) is 6.81. The van der Waals surface area contributed by atoms with Crippen molar-refractivity contribution in [1.29, 1.82) is 0 Å². The van der Waals surface area contributed by atoms with Crippen LogP contribution in [0.1, 0.15) is 0 Å². The fourth-order valence-corrected chi connectivity index (χ4v) is 2.67. The molecule has 3 N–H and O–H groups in total. The summed E-state index contributed by atoms with van der Waals surface area (Å²) in [5.41, 5.74) is 4.78. The van der Waals surface area contributed by atoms with E-state index in [-0.39, 0.29) is 5.69 Å². The molecule has 0 bridgehead atoms. The van der Waals surface area contributed by atoms with E-state index in [1.807, 2.05) is 0 Å². The van der Waals surface area contributed by atoms with E-state index >= 15 is 0 Å². The molecule has 20 heavy (non-hydrogen) atoms. The van der Waals surface area contributed by atoms with Gasteiger partial charge >= 0.3 is 0 Å². The highest BCUT2D eigenvalue weighted by Crippen LogP contribution is 2.23. The molecule has 8 heteroatoms. The molecule has 0 fully saturated rings. The van der Waals surface area contributed by atoms with Crippen LogP contribution >= 0.6 is 0 Å². The summed E-state index contributed by atoms with van der Waals surface area (Å²) in [7, 11) is -4.42. The molecule has 2 aromatic rings. The standard InChI is InChI=1S/C12H9F3N2O2S/c13-7-1-3-9(14)11(5-7)17-20(18,19)12-6-8(16)2-4-10(12)15/h1-6,17H,16H2. The van der Waals surface area contributed by atoms with Gasteiger partial charge in [-0.05, 0) is 30.3 Å². The largest absolute Gasteiger partial charge is 0.399 e. The number of hydrogen-bond donors (Lipinski definition) is 2. The van der Waals surface area contributed by atoms with Crippen LogP contribution in [-0.2, 0) is 10.0 Å². The zero-order valence-electron chi connectivity index (χ0n) is 9.90. The van der Waals surface area contributed by atoms with E-state index in [0.29, 0.717) is 6.07 Å². The molecule has 0 heterocycles. The number of nitrogens with two attached hydrogens (primary N) is 1. The minimum absolute atomic E-state index is 0.0199. The maximum atomic E-state index is 13.5. The van der Waals surface area contributed by atoms with Crippen molar-refractivity contribution in [3.05, 3.63) is 53.8 Å². The molecule has 0 saturated carbocycles. The molecular weight excluding hydrogens is 293 g/mol. The van der Waals surface area contributed by atoms with Crippen molar-refractivity contribution in [2.45, 2.75) is 4.90 Å². The fraction of sp³-hybridized carbons (Fsp3) is 0. The van der Waals surface area contributed by atoms with Crippen molar-refractivity contribution < 1.29 is 21.6 Å². The van der Waals surface area contributed by atoms with E-state index in [1.54, 1.807) is 4.72 Å². The lowest BCUT2D eigenvalue weighted by Crippen LogP contribution is -2.16. The molecule has 2 rings (SSSR count). The van der Waals surface area contributed by atoms with Gasteiger partial charge in [0.1, 0.15) is 22.3 Å². The second-order valence-corrected chi connectivity index (χ2v) is 5.57. The van der Waals surface area contributed by atoms with Crippen molar-refractivity contribution in [3.8, 4) is 0 Å². The Bertz CT molecular complexity index is 763. The first kappa shape index (κ1) is 14.2. The number of nitrogens with one attached hydrogen (secondary N) is 1. The zero-order valence-corrected chi connectivity index (χ0v) is 10.7. The van der Waals surface area contributed by atoms with Gasteiger partial charge in [-0.1, -0.05) is 0 Å². The molecule has 4 nitrogen and oxygen atoms in total. The van der Waals surface area contributed by atoms with Crippen molar-refractivity contribution in [2.24, 2.45) is 0 Å². The van der Waals surface area contributed by atoms with Crippen LogP contribution in [0, 0.1) is 17.5 Å². The highest BCUT2D eigenvalue weighted by molar-refractivity contribution is 7.92. The number of rotatable bonds is 3. The minimum Gasteiger partial charge on any atom is -0.399 e. The molecule has 0 amide bonds. The summed E-state index contributed by atoms with van der Waals surface area (Å²) < 4.78 is 65.5. The summed E-state index contributed by atoms with van der Waals surface area (Å²) in [5.74, 6) is -2.88. The van der Waals surface area contributed by atoms with Crippen LogP contribution in [0.2, 0.25) is 0 Å². The second-order valence-electron chi connectivity index (χ2n) is 3.92. The van der Waals surface area contributed by atoms with E-state index < -0.39 is 38.1 Å². The van der Waals surface area contributed by atoms with Crippen LogP contribution in [0.5, 0.6) is 0 Å². The molecule has 0 radical (unpaired) electrons. The van der Waals surface area contributed by atoms with Crippen LogP contribution in [0.25, 0.3) is 0 Å². The monoisotopic (exact) mass is 302 g/mol. The number of halogens is 3. The van der Waals surface area contributed by atoms with Crippen LogP contribution in [0.3, 0.4) is 0 Å². The summed E-state index contributed by atoms with van der Waals surface area (Å²) in [6, 6.07) is 5.16. The third-order valence-electron chi connectivity index (χ3n) is 2.42. The fourth-order valence-electron chi connectivity index (χ4n) is 1.50. The van der Waals surface area contributed by atoms with E-state index in [2.05, 4.69) is 0 Å². The molecule has 0 spiro atoms. The molecule has 0 unspecified atom stereocenters. The van der Waals surface area contributed by atoms with E-state index in [4.69, 9.17) is 5.73 Å². The molecule has 0 atom stereocenters. The average Bonchev–Trinajstić information content (AvgIpc) is 2.36. The first-order chi connectivity index (χ1) is 9.29. The molecule has 106 valence electrons. The lowest BCUT2D eigenvalue weighted by atomic mass is 10.3. The van der Waals surface area contributed by atoms with Gasteiger partial charge in [0.05, 0.1) is 5.69 Å². The first-order valence-electron chi connectivity index (χ1n) is 5.32. The van der Waals surface area contributed by atoms with Crippen molar-refractivity contribution in [2.75, 3.05) is 10.5 Å². The number of nitrogen functional groups attached to an aromatic ring is 1. The molecule has 0 aliphatic carbocycles. The summed E-state index contributed by atoms with van der Waals surface area (Å²) in [6.07, 6.45) is 0. The van der Waals surface area contributed by atoms with Crippen molar-refractivity contribution >= 4 is 21.4 Å². The highest BCUT2D eigenvalue weighted by atomic mass is 32.2. The maximum Gasteiger partial charge on any atom is 0.264 e. The highest BCUT2D eigenvalue weighted by Gasteiger charge is 2.21. The van der Waals surface area contributed by atoms with Crippen LogP contribution in [0.15, 0.2) is 41.3 Å². The van der Waals surface area contributed by atoms with Crippen LogP contribution < -0.4 is 10.5 Å². The molecule has 0 saturated heterocycles. The average molecular weight is 302 g/mol. The van der Waals surface area contributed by atoms with Crippen molar-refractivity contribution in [1.82, 2.24) is 0 Å². The molecule has 0 aliphatic heterocycles. The maximum absolute atomic E-state index is 13.5. The topological polar surface area (TPSA) is 72.2 Å². The Morgan fingerprint density at radius 2 is 1.60 bits per heavy atom. The predicted molar refractivity (Wildman–Crippen MR) is 68.0 cm³/mol. The Labute approximate surface area is 113 Å². The smallest absolute Gasteiger partial charge is 0.264 e. The molecule has 0 aromatic heterocycles. The van der Waals surface area contributed by atoms with E-state index in [9.17, 15) is 21.6 Å². The number of hydrogen-bond acceptors (Lipinski definition) is 3. The molecule has 0 aliphatic rings. The quantitative estimate of drug-likeness (QED) is 0.856. The lowest BCUT2D eigenvalue weighted by molar-refractivity contribution is 0.569. The minimum atomic E-state index is -4.42. The van der Waals surface area contributed by atoms with Gasteiger partial charge in [-0.25, -0.2) is 21.6 Å². The SMILES string of the molecule is Nc1ccc(F)c(S(=O)(=O)Nc2cc(F)ccc2F)c1. The number of benzene rings is 2.